The fraction of sp³-hybridized carbons (Fsp3) is 0.227. The Bertz CT molecular complexity index is 1090. The van der Waals surface area contributed by atoms with Gasteiger partial charge >= 0.3 is 0 Å². The number of aryl methyl sites for hydroxylation is 1. The Kier molecular flexibility index (Phi) is 7.83. The van der Waals surface area contributed by atoms with E-state index in [2.05, 4.69) is 66.8 Å². The van der Waals surface area contributed by atoms with Crippen LogP contribution in [0.3, 0.4) is 0 Å². The molecule has 0 radical (unpaired) electrons. The summed E-state index contributed by atoms with van der Waals surface area (Å²) >= 11 is 0. The van der Waals surface area contributed by atoms with Gasteiger partial charge in [0.1, 0.15) is 0 Å². The Morgan fingerprint density at radius 1 is 1.03 bits per heavy atom. The van der Waals surface area contributed by atoms with Crippen molar-refractivity contribution in [3.8, 4) is 5.82 Å². The van der Waals surface area contributed by atoms with Crippen LogP contribution in [0.4, 0.5) is 0 Å². The van der Waals surface area contributed by atoms with Gasteiger partial charge in [0.2, 0.25) is 0 Å². The molecule has 4 rings (SSSR count). The lowest BCUT2D eigenvalue weighted by Crippen LogP contribution is -2.37. The highest BCUT2D eigenvalue weighted by Gasteiger charge is 2.03. The fourth-order valence-corrected chi connectivity index (χ4v) is 3.30. The van der Waals surface area contributed by atoms with E-state index in [0.29, 0.717) is 6.54 Å². The summed E-state index contributed by atoms with van der Waals surface area (Å²) in [4.78, 5) is 8.67. The van der Waals surface area contributed by atoms with Crippen molar-refractivity contribution in [2.24, 2.45) is 4.99 Å². The van der Waals surface area contributed by atoms with Crippen LogP contribution in [0.15, 0.2) is 78.3 Å². The maximum absolute atomic E-state index is 4.36. The molecule has 1 aromatic carbocycles. The number of rotatable bonds is 7. The Morgan fingerprint density at radius 3 is 2.77 bits per heavy atom. The summed E-state index contributed by atoms with van der Waals surface area (Å²) in [5, 5.41) is 12.2. The highest BCUT2D eigenvalue weighted by Crippen LogP contribution is 2.15. The largest absolute Gasteiger partial charge is 0.356 e. The van der Waals surface area contributed by atoms with Gasteiger partial charge in [0.15, 0.2) is 11.8 Å². The standard InChI is InChI=1S/C22H25N7.HI/c1-23-22(25-10-4-13-28-15-9-19-6-2-3-7-20(19)28)26-17-18-8-12-24-21(16-18)29-14-5-11-27-29;/h2-3,5-9,11-12,14-16H,4,10,13,17H2,1H3,(H2,23,25,26);1H. The second kappa shape index (κ2) is 10.8. The average Bonchev–Trinajstić information content (AvgIpc) is 3.44. The first-order chi connectivity index (χ1) is 14.3. The second-order valence-electron chi connectivity index (χ2n) is 6.75. The maximum Gasteiger partial charge on any atom is 0.191 e. The molecular formula is C22H26IN7. The van der Waals surface area contributed by atoms with E-state index in [1.807, 2.05) is 24.4 Å². The van der Waals surface area contributed by atoms with Crippen LogP contribution >= 0.6 is 24.0 Å². The van der Waals surface area contributed by atoms with Crippen molar-refractivity contribution >= 4 is 40.8 Å². The zero-order valence-electron chi connectivity index (χ0n) is 16.9. The lowest BCUT2D eigenvalue weighted by Gasteiger charge is -2.13. The number of nitrogens with zero attached hydrogens (tertiary/aromatic N) is 5. The zero-order chi connectivity index (χ0) is 19.9. The SMILES string of the molecule is CN=C(NCCCn1ccc2ccccc21)NCc1ccnc(-n2cccn2)c1.I. The smallest absolute Gasteiger partial charge is 0.191 e. The zero-order valence-corrected chi connectivity index (χ0v) is 19.2. The van der Waals surface area contributed by atoms with E-state index in [1.165, 1.54) is 10.9 Å². The molecule has 0 saturated heterocycles. The minimum Gasteiger partial charge on any atom is -0.356 e. The molecule has 0 amide bonds. The van der Waals surface area contributed by atoms with Gasteiger partial charge in [0, 0.05) is 57.0 Å². The maximum atomic E-state index is 4.36. The second-order valence-corrected chi connectivity index (χ2v) is 6.75. The van der Waals surface area contributed by atoms with E-state index in [9.17, 15) is 0 Å². The molecule has 3 aromatic heterocycles. The summed E-state index contributed by atoms with van der Waals surface area (Å²) in [5.41, 5.74) is 2.40. The topological polar surface area (TPSA) is 72.1 Å². The van der Waals surface area contributed by atoms with Crippen LogP contribution in [0.5, 0.6) is 0 Å². The monoisotopic (exact) mass is 515 g/mol. The normalized spacial score (nSPS) is 11.3. The predicted octanol–water partition coefficient (Wildman–Crippen LogP) is 3.60. The first kappa shape index (κ1) is 21.8. The molecule has 3 heterocycles. The van der Waals surface area contributed by atoms with Crippen LogP contribution in [-0.4, -0.2) is 38.9 Å². The number of guanidine groups is 1. The minimum atomic E-state index is 0. The third kappa shape index (κ3) is 5.38. The number of benzene rings is 1. The van der Waals surface area contributed by atoms with E-state index in [-0.39, 0.29) is 24.0 Å². The lowest BCUT2D eigenvalue weighted by molar-refractivity contribution is 0.640. The first-order valence-corrected chi connectivity index (χ1v) is 9.77. The molecule has 30 heavy (non-hydrogen) atoms. The van der Waals surface area contributed by atoms with Crippen LogP contribution in [-0.2, 0) is 13.1 Å². The van der Waals surface area contributed by atoms with Gasteiger partial charge in [-0.1, -0.05) is 18.2 Å². The van der Waals surface area contributed by atoms with Crippen molar-refractivity contribution < 1.29 is 0 Å². The lowest BCUT2D eigenvalue weighted by atomic mass is 10.2. The summed E-state index contributed by atoms with van der Waals surface area (Å²) in [6, 6.07) is 16.5. The number of pyridine rings is 1. The van der Waals surface area contributed by atoms with E-state index in [4.69, 9.17) is 0 Å². The summed E-state index contributed by atoms with van der Waals surface area (Å²) in [6.07, 6.45) is 8.59. The third-order valence-electron chi connectivity index (χ3n) is 4.78. The molecule has 0 saturated carbocycles. The highest BCUT2D eigenvalue weighted by atomic mass is 127. The summed E-state index contributed by atoms with van der Waals surface area (Å²) in [5.74, 6) is 1.59. The van der Waals surface area contributed by atoms with Crippen molar-refractivity contribution in [2.45, 2.75) is 19.5 Å². The van der Waals surface area contributed by atoms with Gasteiger partial charge in [-0.15, -0.1) is 24.0 Å². The third-order valence-corrected chi connectivity index (χ3v) is 4.78. The van der Waals surface area contributed by atoms with Crippen LogP contribution < -0.4 is 10.6 Å². The van der Waals surface area contributed by atoms with E-state index in [1.54, 1.807) is 24.1 Å². The first-order valence-electron chi connectivity index (χ1n) is 9.77. The van der Waals surface area contributed by atoms with Gasteiger partial charge in [0.05, 0.1) is 0 Å². The molecule has 0 bridgehead atoms. The molecule has 0 aliphatic rings. The number of fused-ring (bicyclic) bond motifs is 1. The fourth-order valence-electron chi connectivity index (χ4n) is 3.30. The van der Waals surface area contributed by atoms with Gasteiger partial charge in [0.25, 0.3) is 0 Å². The molecule has 8 heteroatoms. The quantitative estimate of drug-likeness (QED) is 0.171. The molecule has 0 aliphatic carbocycles. The average molecular weight is 515 g/mol. The van der Waals surface area contributed by atoms with Gasteiger partial charge in [-0.3, -0.25) is 4.99 Å². The summed E-state index contributed by atoms with van der Waals surface area (Å²) in [6.45, 7) is 2.48. The molecule has 0 atom stereocenters. The van der Waals surface area contributed by atoms with Gasteiger partial charge < -0.3 is 15.2 Å². The van der Waals surface area contributed by atoms with Crippen molar-refractivity contribution in [2.75, 3.05) is 13.6 Å². The van der Waals surface area contributed by atoms with Crippen LogP contribution in [0, 0.1) is 0 Å². The van der Waals surface area contributed by atoms with Gasteiger partial charge in [-0.25, -0.2) is 9.67 Å². The molecule has 7 nitrogen and oxygen atoms in total. The molecule has 4 aromatic rings. The van der Waals surface area contributed by atoms with Crippen LogP contribution in [0.1, 0.15) is 12.0 Å². The number of para-hydroxylation sites is 1. The summed E-state index contributed by atoms with van der Waals surface area (Å²) in [7, 11) is 1.79. The number of hydrogen-bond acceptors (Lipinski definition) is 3. The number of aromatic nitrogens is 4. The van der Waals surface area contributed by atoms with Crippen molar-refractivity contribution in [3.05, 3.63) is 78.9 Å². The molecular weight excluding hydrogens is 489 g/mol. The highest BCUT2D eigenvalue weighted by molar-refractivity contribution is 14.0. The van der Waals surface area contributed by atoms with Gasteiger partial charge in [-0.05, 0) is 47.7 Å². The Morgan fingerprint density at radius 2 is 1.93 bits per heavy atom. The number of hydrogen-bond donors (Lipinski definition) is 2. The molecule has 0 aliphatic heterocycles. The van der Waals surface area contributed by atoms with Crippen molar-refractivity contribution in [3.63, 3.8) is 0 Å². The Labute approximate surface area is 193 Å². The van der Waals surface area contributed by atoms with E-state index in [0.717, 1.165) is 36.9 Å². The minimum absolute atomic E-state index is 0. The predicted molar refractivity (Wildman–Crippen MR) is 132 cm³/mol. The van der Waals surface area contributed by atoms with Crippen LogP contribution in [0.2, 0.25) is 0 Å². The molecule has 156 valence electrons. The molecule has 0 spiro atoms. The van der Waals surface area contributed by atoms with Gasteiger partial charge in [-0.2, -0.15) is 5.10 Å². The molecule has 0 fully saturated rings. The Hall–Kier alpha value is -2.88. The number of halogens is 1. The van der Waals surface area contributed by atoms with Crippen molar-refractivity contribution in [1.82, 2.24) is 30.0 Å². The molecule has 2 N–H and O–H groups in total. The summed E-state index contributed by atoms with van der Waals surface area (Å²) < 4.78 is 4.04. The van der Waals surface area contributed by atoms with Crippen LogP contribution in [0.25, 0.3) is 16.7 Å². The Balaban J connectivity index is 0.00000256. The molecule has 0 unspecified atom stereocenters. The number of aliphatic imine (C=N–C) groups is 1. The van der Waals surface area contributed by atoms with E-state index >= 15 is 0 Å². The van der Waals surface area contributed by atoms with Crippen molar-refractivity contribution in [1.29, 1.82) is 0 Å². The van der Waals surface area contributed by atoms with E-state index < -0.39 is 0 Å². The number of nitrogens with one attached hydrogen (secondary N) is 2.